The third-order valence-corrected chi connectivity index (χ3v) is 5.83. The van der Waals surface area contributed by atoms with E-state index in [1.807, 2.05) is 24.3 Å². The molecule has 0 amide bonds. The summed E-state index contributed by atoms with van der Waals surface area (Å²) in [6.45, 7) is 1.72. The summed E-state index contributed by atoms with van der Waals surface area (Å²) in [6.07, 6.45) is 7.92. The van der Waals surface area contributed by atoms with Gasteiger partial charge in [0.2, 0.25) is 0 Å². The number of methoxy groups -OCH3 is 1. The standard InChI is InChI=1S/C29H28FN3O3.CH5NO/c1-20-16-21(11-13-25(20)30)33-29-23-17-24(28(35-2)18-26(23)31-19-32-29)27-14-12-22(36-27)10-8-6-4-3-5-7-9-15-34;1-2-3/h11-19H,3-7,9H2,1-2H3,(H,31,32,33);2-3H,1H3. The number of hydroxylamine groups is 1. The van der Waals surface area contributed by atoms with Crippen molar-refractivity contribution in [1.29, 1.82) is 0 Å². The van der Waals surface area contributed by atoms with Gasteiger partial charge in [0.15, 0.2) is 5.76 Å². The van der Waals surface area contributed by atoms with Crippen LogP contribution in [0, 0.1) is 24.6 Å². The third kappa shape index (κ3) is 8.37. The van der Waals surface area contributed by atoms with Gasteiger partial charge in [-0.15, -0.1) is 0 Å². The Bertz CT molecular complexity index is 1440. The number of aryl methyl sites for hydroxylation is 1. The maximum absolute atomic E-state index is 13.7. The number of furan rings is 1. The quantitative estimate of drug-likeness (QED) is 0.0910. The lowest BCUT2D eigenvalue weighted by Crippen LogP contribution is -1.98. The summed E-state index contributed by atoms with van der Waals surface area (Å²) in [5.74, 6) is 8.40. The normalized spacial score (nSPS) is 10.3. The molecule has 9 heteroatoms. The number of unbranched alkanes of at least 4 members (excludes halogenated alkanes) is 5. The Morgan fingerprint density at radius 1 is 1.10 bits per heavy atom. The van der Waals surface area contributed by atoms with Crippen molar-refractivity contribution in [2.24, 2.45) is 0 Å². The highest BCUT2D eigenvalue weighted by molar-refractivity contribution is 5.95. The summed E-state index contributed by atoms with van der Waals surface area (Å²) in [5, 5.41) is 11.4. The fraction of sp³-hybridized carbons (Fsp3) is 0.300. The summed E-state index contributed by atoms with van der Waals surface area (Å²) in [4.78, 5) is 19.1. The van der Waals surface area contributed by atoms with Crippen LogP contribution in [0.3, 0.4) is 0 Å². The molecule has 4 aromatic rings. The van der Waals surface area contributed by atoms with Crippen LogP contribution in [0.1, 0.15) is 49.8 Å². The Morgan fingerprint density at radius 3 is 2.64 bits per heavy atom. The molecule has 8 nitrogen and oxygen atoms in total. The summed E-state index contributed by atoms with van der Waals surface area (Å²) in [5.41, 5.74) is 4.47. The molecule has 204 valence electrons. The smallest absolute Gasteiger partial charge is 0.177 e. The van der Waals surface area contributed by atoms with E-state index in [2.05, 4.69) is 27.1 Å². The van der Waals surface area contributed by atoms with Crippen LogP contribution in [0.15, 0.2) is 53.2 Å². The highest BCUT2D eigenvalue weighted by atomic mass is 19.1. The average molecular weight is 533 g/mol. The molecule has 0 saturated heterocycles. The van der Waals surface area contributed by atoms with Gasteiger partial charge in [-0.2, -0.15) is 0 Å². The number of anilines is 2. The first-order chi connectivity index (χ1) is 19.0. The third-order valence-electron chi connectivity index (χ3n) is 5.83. The van der Waals surface area contributed by atoms with Gasteiger partial charge in [0.05, 0.1) is 18.2 Å². The highest BCUT2D eigenvalue weighted by Gasteiger charge is 2.15. The number of hydrogen-bond donors (Lipinski definition) is 3. The number of halogens is 1. The van der Waals surface area contributed by atoms with Crippen LogP contribution in [-0.4, -0.2) is 35.6 Å². The molecular formula is C30H33FN4O4. The van der Waals surface area contributed by atoms with Gasteiger partial charge in [0.1, 0.15) is 35.8 Å². The van der Waals surface area contributed by atoms with E-state index in [0.29, 0.717) is 40.6 Å². The van der Waals surface area contributed by atoms with Crippen LogP contribution in [0.5, 0.6) is 5.75 Å². The molecule has 4 rings (SSSR count). The molecule has 2 aromatic carbocycles. The summed E-state index contributed by atoms with van der Waals surface area (Å²) >= 11 is 0. The molecule has 0 spiro atoms. The molecule has 0 saturated carbocycles. The van der Waals surface area contributed by atoms with Crippen LogP contribution >= 0.6 is 0 Å². The van der Waals surface area contributed by atoms with Crippen molar-refractivity contribution >= 4 is 28.7 Å². The van der Waals surface area contributed by atoms with Gasteiger partial charge >= 0.3 is 0 Å². The summed E-state index contributed by atoms with van der Waals surface area (Å²) < 4.78 is 25.3. The fourth-order valence-corrected chi connectivity index (χ4v) is 3.90. The fourth-order valence-electron chi connectivity index (χ4n) is 3.90. The Morgan fingerprint density at radius 2 is 1.90 bits per heavy atom. The lowest BCUT2D eigenvalue weighted by molar-refractivity contribution is -0.107. The van der Waals surface area contributed by atoms with E-state index in [9.17, 15) is 9.18 Å². The van der Waals surface area contributed by atoms with Crippen molar-refractivity contribution in [3.05, 3.63) is 65.9 Å². The van der Waals surface area contributed by atoms with Crippen molar-refractivity contribution in [3.63, 3.8) is 0 Å². The number of aromatic nitrogens is 2. The van der Waals surface area contributed by atoms with Crippen LogP contribution < -0.4 is 15.5 Å². The predicted octanol–water partition coefficient (Wildman–Crippen LogP) is 6.58. The van der Waals surface area contributed by atoms with Crippen molar-refractivity contribution in [2.45, 2.75) is 45.4 Å². The average Bonchev–Trinajstić information content (AvgIpc) is 3.41. The minimum atomic E-state index is -0.258. The van der Waals surface area contributed by atoms with Crippen LogP contribution in [0.4, 0.5) is 15.9 Å². The van der Waals surface area contributed by atoms with E-state index in [1.54, 1.807) is 31.6 Å². The molecule has 0 aliphatic rings. The van der Waals surface area contributed by atoms with Gasteiger partial charge in [0, 0.05) is 37.0 Å². The number of hydrogen-bond acceptors (Lipinski definition) is 8. The monoisotopic (exact) mass is 532 g/mol. The number of carbonyl (C=O) groups is 1. The van der Waals surface area contributed by atoms with Crippen molar-refractivity contribution in [1.82, 2.24) is 15.4 Å². The Balaban J connectivity index is 0.00000134. The topological polar surface area (TPSA) is 110 Å². The molecule has 0 atom stereocenters. The maximum Gasteiger partial charge on any atom is 0.177 e. The molecular weight excluding hydrogens is 499 g/mol. The van der Waals surface area contributed by atoms with E-state index >= 15 is 0 Å². The molecule has 0 bridgehead atoms. The second kappa shape index (κ2) is 15.2. The number of nitrogens with zero attached hydrogens (tertiary/aromatic N) is 2. The van der Waals surface area contributed by atoms with E-state index in [0.717, 1.165) is 55.0 Å². The number of benzene rings is 2. The second-order valence-corrected chi connectivity index (χ2v) is 8.69. The second-order valence-electron chi connectivity index (χ2n) is 8.69. The molecule has 2 heterocycles. The lowest BCUT2D eigenvalue weighted by Gasteiger charge is -2.12. The molecule has 39 heavy (non-hydrogen) atoms. The molecule has 2 aromatic heterocycles. The van der Waals surface area contributed by atoms with Gasteiger partial charge in [-0.3, -0.25) is 0 Å². The van der Waals surface area contributed by atoms with Gasteiger partial charge < -0.3 is 24.5 Å². The molecule has 0 aliphatic carbocycles. The van der Waals surface area contributed by atoms with Gasteiger partial charge in [-0.1, -0.05) is 18.8 Å². The SMILES string of the molecule is CNO.COc1cc2ncnc(Nc3ccc(F)c(C)c3)c2cc1-c1ccc(C#CCCCCCCC=O)o1. The van der Waals surface area contributed by atoms with Crippen molar-refractivity contribution < 1.29 is 23.5 Å². The molecule has 0 radical (unpaired) electrons. The first-order valence-electron chi connectivity index (χ1n) is 12.7. The number of carbonyl (C=O) groups excluding carboxylic acids is 1. The number of nitrogens with one attached hydrogen (secondary N) is 2. The van der Waals surface area contributed by atoms with Crippen molar-refractivity contribution in [3.8, 4) is 28.9 Å². The number of rotatable bonds is 10. The zero-order chi connectivity index (χ0) is 28.0. The molecule has 0 aliphatic heterocycles. The van der Waals surface area contributed by atoms with E-state index < -0.39 is 0 Å². The largest absolute Gasteiger partial charge is 0.496 e. The highest BCUT2D eigenvalue weighted by Crippen LogP contribution is 2.37. The van der Waals surface area contributed by atoms with Crippen molar-refractivity contribution in [2.75, 3.05) is 19.5 Å². The molecule has 3 N–H and O–H groups in total. The summed E-state index contributed by atoms with van der Waals surface area (Å²) in [6, 6.07) is 12.3. The Kier molecular flexibility index (Phi) is 11.4. The van der Waals surface area contributed by atoms with Gasteiger partial charge in [0.25, 0.3) is 0 Å². The molecule has 0 fully saturated rings. The molecule has 0 unspecified atom stereocenters. The van der Waals surface area contributed by atoms with E-state index in [1.165, 1.54) is 19.4 Å². The number of fused-ring (bicyclic) bond motifs is 1. The van der Waals surface area contributed by atoms with Gasteiger partial charge in [-0.25, -0.2) is 19.8 Å². The first-order valence-corrected chi connectivity index (χ1v) is 12.7. The lowest BCUT2D eigenvalue weighted by atomic mass is 10.1. The van der Waals surface area contributed by atoms with Crippen LogP contribution in [-0.2, 0) is 4.79 Å². The minimum absolute atomic E-state index is 0.258. The zero-order valence-corrected chi connectivity index (χ0v) is 22.4. The predicted molar refractivity (Wildman–Crippen MR) is 150 cm³/mol. The number of ether oxygens (including phenoxy) is 1. The van der Waals surface area contributed by atoms with Crippen LogP contribution in [0.25, 0.3) is 22.2 Å². The zero-order valence-electron chi connectivity index (χ0n) is 22.4. The maximum atomic E-state index is 13.7. The number of aldehydes is 1. The Hall–Kier alpha value is -4.26. The van der Waals surface area contributed by atoms with Crippen LogP contribution in [0.2, 0.25) is 0 Å². The van der Waals surface area contributed by atoms with Gasteiger partial charge in [-0.05, 0) is 67.6 Å². The Labute approximate surface area is 227 Å². The minimum Gasteiger partial charge on any atom is -0.496 e. The van der Waals surface area contributed by atoms with E-state index in [-0.39, 0.29) is 5.82 Å². The van der Waals surface area contributed by atoms with E-state index in [4.69, 9.17) is 14.4 Å². The summed E-state index contributed by atoms with van der Waals surface area (Å²) in [7, 11) is 3.03. The first kappa shape index (κ1) is 29.3.